The zero-order chi connectivity index (χ0) is 10.6. The van der Waals surface area contributed by atoms with Gasteiger partial charge in [-0.05, 0) is 31.5 Å². The van der Waals surface area contributed by atoms with E-state index in [0.717, 1.165) is 5.56 Å². The zero-order valence-corrected chi connectivity index (χ0v) is 8.45. The molecule has 1 heterocycles. The molecular weight excluding hydrogens is 178 g/mol. The SMILES string of the molecule is Cc1ccnc(NC(=O)CC(C)N)c1. The molecule has 4 nitrogen and oxygen atoms in total. The van der Waals surface area contributed by atoms with Crippen molar-refractivity contribution in [2.24, 2.45) is 5.73 Å². The number of hydrogen-bond acceptors (Lipinski definition) is 3. The van der Waals surface area contributed by atoms with E-state index in [0.29, 0.717) is 12.2 Å². The molecule has 1 rings (SSSR count). The molecule has 0 spiro atoms. The number of nitrogens with two attached hydrogens (primary N) is 1. The normalized spacial score (nSPS) is 12.2. The van der Waals surface area contributed by atoms with Crippen molar-refractivity contribution >= 4 is 11.7 Å². The number of carbonyl (C=O) groups is 1. The van der Waals surface area contributed by atoms with Gasteiger partial charge in [0.1, 0.15) is 5.82 Å². The summed E-state index contributed by atoms with van der Waals surface area (Å²) in [5.41, 5.74) is 6.56. The van der Waals surface area contributed by atoms with Gasteiger partial charge in [-0.2, -0.15) is 0 Å². The van der Waals surface area contributed by atoms with Crippen LogP contribution in [-0.2, 0) is 4.79 Å². The van der Waals surface area contributed by atoms with E-state index in [1.54, 1.807) is 13.1 Å². The molecule has 0 fully saturated rings. The molecule has 76 valence electrons. The van der Waals surface area contributed by atoms with Gasteiger partial charge >= 0.3 is 0 Å². The first-order valence-electron chi connectivity index (χ1n) is 4.56. The van der Waals surface area contributed by atoms with E-state index in [9.17, 15) is 4.79 Å². The van der Waals surface area contributed by atoms with Crippen LogP contribution in [-0.4, -0.2) is 16.9 Å². The Morgan fingerprint density at radius 3 is 3.00 bits per heavy atom. The van der Waals surface area contributed by atoms with Crippen LogP contribution in [0.2, 0.25) is 0 Å². The minimum atomic E-state index is -0.125. The van der Waals surface area contributed by atoms with E-state index in [-0.39, 0.29) is 11.9 Å². The molecule has 4 heteroatoms. The van der Waals surface area contributed by atoms with Gasteiger partial charge in [-0.1, -0.05) is 0 Å². The van der Waals surface area contributed by atoms with Gasteiger partial charge in [-0.15, -0.1) is 0 Å². The molecule has 0 bridgehead atoms. The Morgan fingerprint density at radius 1 is 1.71 bits per heavy atom. The summed E-state index contributed by atoms with van der Waals surface area (Å²) in [6.45, 7) is 3.74. The molecule has 0 aromatic carbocycles. The summed E-state index contributed by atoms with van der Waals surface area (Å²) in [6.07, 6.45) is 1.98. The van der Waals surface area contributed by atoms with Crippen LogP contribution in [0.1, 0.15) is 18.9 Å². The standard InChI is InChI=1S/C10H15N3O/c1-7-3-4-12-9(5-7)13-10(14)6-8(2)11/h3-5,8H,6,11H2,1-2H3,(H,12,13,14). The van der Waals surface area contributed by atoms with E-state index >= 15 is 0 Å². The third kappa shape index (κ3) is 3.53. The zero-order valence-electron chi connectivity index (χ0n) is 8.45. The molecule has 0 aliphatic carbocycles. The summed E-state index contributed by atoms with van der Waals surface area (Å²) in [6, 6.07) is 3.57. The van der Waals surface area contributed by atoms with Gasteiger partial charge in [0.2, 0.25) is 5.91 Å². The average Bonchev–Trinajstić information content (AvgIpc) is 2.01. The number of nitrogens with zero attached hydrogens (tertiary/aromatic N) is 1. The molecule has 1 atom stereocenters. The number of pyridine rings is 1. The lowest BCUT2D eigenvalue weighted by atomic mass is 10.2. The van der Waals surface area contributed by atoms with Crippen LogP contribution >= 0.6 is 0 Å². The largest absolute Gasteiger partial charge is 0.327 e. The highest BCUT2D eigenvalue weighted by Gasteiger charge is 2.05. The lowest BCUT2D eigenvalue weighted by molar-refractivity contribution is -0.116. The number of hydrogen-bond donors (Lipinski definition) is 2. The molecule has 0 aliphatic rings. The second-order valence-corrected chi connectivity index (χ2v) is 3.45. The summed E-state index contributed by atoms with van der Waals surface area (Å²) >= 11 is 0. The lowest BCUT2D eigenvalue weighted by Crippen LogP contribution is -2.24. The molecule has 0 radical (unpaired) electrons. The maximum Gasteiger partial charge on any atom is 0.227 e. The monoisotopic (exact) mass is 193 g/mol. The van der Waals surface area contributed by atoms with Crippen LogP contribution in [0.15, 0.2) is 18.3 Å². The molecule has 1 aromatic rings. The van der Waals surface area contributed by atoms with Crippen molar-refractivity contribution in [2.75, 3.05) is 5.32 Å². The number of aryl methyl sites for hydroxylation is 1. The fourth-order valence-corrected chi connectivity index (χ4v) is 1.09. The summed E-state index contributed by atoms with van der Waals surface area (Å²) in [5.74, 6) is 0.480. The second-order valence-electron chi connectivity index (χ2n) is 3.45. The Labute approximate surface area is 83.5 Å². The maximum atomic E-state index is 11.3. The highest BCUT2D eigenvalue weighted by Crippen LogP contribution is 2.05. The van der Waals surface area contributed by atoms with Gasteiger partial charge in [0, 0.05) is 18.7 Å². The van der Waals surface area contributed by atoms with Crippen LogP contribution in [0, 0.1) is 6.92 Å². The number of carbonyl (C=O) groups excluding carboxylic acids is 1. The Bertz CT molecular complexity index is 323. The third-order valence-electron chi connectivity index (χ3n) is 1.69. The van der Waals surface area contributed by atoms with Crippen molar-refractivity contribution in [1.29, 1.82) is 0 Å². The van der Waals surface area contributed by atoms with E-state index in [1.165, 1.54) is 0 Å². The molecule has 3 N–H and O–H groups in total. The van der Waals surface area contributed by atoms with Gasteiger partial charge in [0.25, 0.3) is 0 Å². The quantitative estimate of drug-likeness (QED) is 0.754. The van der Waals surface area contributed by atoms with Gasteiger partial charge in [0.05, 0.1) is 0 Å². The summed E-state index contributed by atoms with van der Waals surface area (Å²) in [7, 11) is 0. The average molecular weight is 193 g/mol. The Balaban J connectivity index is 2.56. The van der Waals surface area contributed by atoms with E-state index < -0.39 is 0 Å². The first-order valence-corrected chi connectivity index (χ1v) is 4.56. The first-order chi connectivity index (χ1) is 6.58. The van der Waals surface area contributed by atoms with Crippen molar-refractivity contribution in [3.05, 3.63) is 23.9 Å². The Hall–Kier alpha value is -1.42. The molecule has 14 heavy (non-hydrogen) atoms. The van der Waals surface area contributed by atoms with Crippen molar-refractivity contribution in [3.63, 3.8) is 0 Å². The Kier molecular flexibility index (Phi) is 3.59. The molecule has 1 amide bonds. The van der Waals surface area contributed by atoms with Gasteiger partial charge in [0.15, 0.2) is 0 Å². The fraction of sp³-hybridized carbons (Fsp3) is 0.400. The van der Waals surface area contributed by atoms with Gasteiger partial charge in [-0.25, -0.2) is 4.98 Å². The van der Waals surface area contributed by atoms with Gasteiger partial charge in [-0.3, -0.25) is 4.79 Å². The van der Waals surface area contributed by atoms with E-state index in [1.807, 2.05) is 19.1 Å². The van der Waals surface area contributed by atoms with Crippen LogP contribution in [0.3, 0.4) is 0 Å². The molecule has 0 saturated carbocycles. The molecule has 0 saturated heterocycles. The molecule has 0 aliphatic heterocycles. The third-order valence-corrected chi connectivity index (χ3v) is 1.69. The van der Waals surface area contributed by atoms with Crippen molar-refractivity contribution < 1.29 is 4.79 Å². The maximum absolute atomic E-state index is 11.3. The summed E-state index contributed by atoms with van der Waals surface area (Å²) in [5, 5.41) is 2.68. The minimum absolute atomic E-state index is 0.0990. The van der Waals surface area contributed by atoms with E-state index in [2.05, 4.69) is 10.3 Å². The van der Waals surface area contributed by atoms with Crippen LogP contribution in [0.4, 0.5) is 5.82 Å². The Morgan fingerprint density at radius 2 is 2.43 bits per heavy atom. The number of amides is 1. The minimum Gasteiger partial charge on any atom is -0.327 e. The number of aromatic nitrogens is 1. The number of nitrogens with one attached hydrogen (secondary N) is 1. The predicted octanol–water partition coefficient (Wildman–Crippen LogP) is 1.07. The summed E-state index contributed by atoms with van der Waals surface area (Å²) in [4.78, 5) is 15.3. The second kappa shape index (κ2) is 4.72. The molecule has 1 aromatic heterocycles. The number of anilines is 1. The number of rotatable bonds is 3. The van der Waals surface area contributed by atoms with Crippen molar-refractivity contribution in [2.45, 2.75) is 26.3 Å². The van der Waals surface area contributed by atoms with Crippen LogP contribution in [0.25, 0.3) is 0 Å². The molecule has 1 unspecified atom stereocenters. The van der Waals surface area contributed by atoms with Gasteiger partial charge < -0.3 is 11.1 Å². The van der Waals surface area contributed by atoms with Crippen molar-refractivity contribution in [3.8, 4) is 0 Å². The summed E-state index contributed by atoms with van der Waals surface area (Å²) < 4.78 is 0. The smallest absolute Gasteiger partial charge is 0.227 e. The van der Waals surface area contributed by atoms with Crippen LogP contribution in [0.5, 0.6) is 0 Å². The predicted molar refractivity (Wildman–Crippen MR) is 55.9 cm³/mol. The highest BCUT2D eigenvalue weighted by molar-refractivity contribution is 5.90. The van der Waals surface area contributed by atoms with Crippen LogP contribution < -0.4 is 11.1 Å². The fourth-order valence-electron chi connectivity index (χ4n) is 1.09. The van der Waals surface area contributed by atoms with E-state index in [4.69, 9.17) is 5.73 Å². The molecular formula is C10H15N3O. The lowest BCUT2D eigenvalue weighted by Gasteiger charge is -2.06. The van der Waals surface area contributed by atoms with Crippen molar-refractivity contribution in [1.82, 2.24) is 4.98 Å². The topological polar surface area (TPSA) is 68.0 Å². The highest BCUT2D eigenvalue weighted by atomic mass is 16.1. The first kappa shape index (κ1) is 10.7.